The van der Waals surface area contributed by atoms with E-state index >= 15 is 0 Å². The lowest BCUT2D eigenvalue weighted by Gasteiger charge is -2.29. The van der Waals surface area contributed by atoms with Crippen molar-refractivity contribution < 1.29 is 4.79 Å². The number of rotatable bonds is 1. The van der Waals surface area contributed by atoms with Crippen molar-refractivity contribution in [2.45, 2.75) is 38.3 Å². The summed E-state index contributed by atoms with van der Waals surface area (Å²) in [6.45, 7) is 1.84. The van der Waals surface area contributed by atoms with Crippen LogP contribution >= 0.6 is 0 Å². The van der Waals surface area contributed by atoms with E-state index in [9.17, 15) is 4.79 Å². The average molecular weight is 234 g/mol. The first-order valence-corrected chi connectivity index (χ1v) is 5.90. The van der Waals surface area contributed by atoms with Gasteiger partial charge in [-0.05, 0) is 25.8 Å². The van der Waals surface area contributed by atoms with Gasteiger partial charge in [0.1, 0.15) is 5.82 Å². The van der Waals surface area contributed by atoms with Crippen molar-refractivity contribution in [2.75, 3.05) is 7.05 Å². The number of likely N-dealkylation sites (tertiary alicyclic amines) is 1. The second kappa shape index (κ2) is 4.79. The predicted octanol–water partition coefficient (Wildman–Crippen LogP) is 0.796. The van der Waals surface area contributed by atoms with Crippen molar-refractivity contribution >= 4 is 5.91 Å². The lowest BCUT2D eigenvalue weighted by Crippen LogP contribution is -2.40. The normalized spacial score (nSPS) is 25.8. The number of hydrogen-bond donors (Lipinski definition) is 1. The quantitative estimate of drug-likeness (QED) is 0.780. The summed E-state index contributed by atoms with van der Waals surface area (Å²) in [6.07, 6.45) is 3.99. The van der Waals surface area contributed by atoms with Gasteiger partial charge in [0.2, 0.25) is 5.91 Å². The largest absolute Gasteiger partial charge is 0.336 e. The van der Waals surface area contributed by atoms with Crippen LogP contribution < -0.4 is 5.73 Å². The highest BCUT2D eigenvalue weighted by molar-refractivity contribution is 5.76. The van der Waals surface area contributed by atoms with Gasteiger partial charge in [0.25, 0.3) is 0 Å². The van der Waals surface area contributed by atoms with Gasteiger partial charge in [0, 0.05) is 25.7 Å². The van der Waals surface area contributed by atoms with Gasteiger partial charge in [0.15, 0.2) is 0 Å². The van der Waals surface area contributed by atoms with Crippen LogP contribution in [0.5, 0.6) is 0 Å². The number of likely N-dealkylation sites (N-methyl/N-ethyl adjacent to an activating group) is 1. The molecule has 2 rings (SSSR count). The minimum absolute atomic E-state index is 0.0549. The zero-order valence-corrected chi connectivity index (χ0v) is 10.3. The van der Waals surface area contributed by atoms with E-state index in [-0.39, 0.29) is 18.0 Å². The van der Waals surface area contributed by atoms with Crippen molar-refractivity contribution in [1.82, 2.24) is 14.9 Å². The number of carbonyl (C=O) groups is 1. The number of carbonyl (C=O) groups excluding carboxylic acids is 1. The Bertz CT molecular complexity index is 421. The van der Waals surface area contributed by atoms with E-state index in [0.717, 1.165) is 18.5 Å². The van der Waals surface area contributed by atoms with Gasteiger partial charge in [-0.15, -0.1) is 0 Å². The molecule has 2 heterocycles. The summed E-state index contributed by atoms with van der Waals surface area (Å²) < 4.78 is 0. The first-order chi connectivity index (χ1) is 8.09. The zero-order chi connectivity index (χ0) is 12.4. The Labute approximate surface area is 101 Å². The minimum Gasteiger partial charge on any atom is -0.336 e. The summed E-state index contributed by atoms with van der Waals surface area (Å²) in [7, 11) is 1.80. The van der Waals surface area contributed by atoms with Crippen LogP contribution in [0.15, 0.2) is 12.3 Å². The molecule has 0 aromatic carbocycles. The minimum atomic E-state index is -0.133. The summed E-state index contributed by atoms with van der Waals surface area (Å²) in [5.41, 5.74) is 7.00. The molecular formula is C12H18N4O. The van der Waals surface area contributed by atoms with Crippen LogP contribution in [0.2, 0.25) is 0 Å². The highest BCUT2D eigenvalue weighted by atomic mass is 16.2. The number of aryl methyl sites for hydroxylation is 1. The molecule has 1 saturated heterocycles. The second-order valence-electron chi connectivity index (χ2n) is 4.53. The van der Waals surface area contributed by atoms with Gasteiger partial charge in [-0.2, -0.15) is 0 Å². The van der Waals surface area contributed by atoms with Gasteiger partial charge in [0.05, 0.1) is 11.7 Å². The molecule has 1 aliphatic rings. The van der Waals surface area contributed by atoms with Gasteiger partial charge in [-0.25, -0.2) is 9.97 Å². The van der Waals surface area contributed by atoms with Crippen molar-refractivity contribution in [3.05, 3.63) is 23.8 Å². The highest BCUT2D eigenvalue weighted by Crippen LogP contribution is 2.27. The molecule has 2 unspecified atom stereocenters. The van der Waals surface area contributed by atoms with E-state index in [0.29, 0.717) is 12.2 Å². The number of aromatic nitrogens is 2. The molecule has 0 aliphatic carbocycles. The first-order valence-electron chi connectivity index (χ1n) is 5.90. The summed E-state index contributed by atoms with van der Waals surface area (Å²) in [5, 5.41) is 0. The van der Waals surface area contributed by atoms with E-state index in [1.807, 2.05) is 13.0 Å². The van der Waals surface area contributed by atoms with Gasteiger partial charge >= 0.3 is 0 Å². The van der Waals surface area contributed by atoms with Crippen LogP contribution in [0.25, 0.3) is 0 Å². The Morgan fingerprint density at radius 3 is 3.00 bits per heavy atom. The fourth-order valence-electron chi connectivity index (χ4n) is 2.32. The molecule has 1 aliphatic heterocycles. The lowest BCUT2D eigenvalue weighted by atomic mass is 10.0. The Kier molecular flexibility index (Phi) is 3.38. The molecule has 5 heteroatoms. The van der Waals surface area contributed by atoms with Crippen LogP contribution in [-0.2, 0) is 4.79 Å². The number of nitrogens with two attached hydrogens (primary N) is 1. The summed E-state index contributed by atoms with van der Waals surface area (Å²) in [6, 6.07) is 1.65. The molecule has 1 amide bonds. The van der Waals surface area contributed by atoms with E-state index in [2.05, 4.69) is 9.97 Å². The van der Waals surface area contributed by atoms with Crippen LogP contribution in [0, 0.1) is 6.92 Å². The van der Waals surface area contributed by atoms with E-state index in [4.69, 9.17) is 5.73 Å². The monoisotopic (exact) mass is 234 g/mol. The third kappa shape index (κ3) is 2.44. The molecule has 0 radical (unpaired) electrons. The van der Waals surface area contributed by atoms with E-state index in [1.54, 1.807) is 18.1 Å². The molecule has 1 fully saturated rings. The van der Waals surface area contributed by atoms with Gasteiger partial charge < -0.3 is 10.6 Å². The van der Waals surface area contributed by atoms with Crippen molar-refractivity contribution in [3.63, 3.8) is 0 Å². The third-order valence-corrected chi connectivity index (χ3v) is 3.24. The van der Waals surface area contributed by atoms with Gasteiger partial charge in [-0.3, -0.25) is 4.79 Å². The SMILES string of the molecule is Cc1nccc(C2C(N)CCCC(=O)N2C)n1. The van der Waals surface area contributed by atoms with Crippen LogP contribution in [-0.4, -0.2) is 33.9 Å². The smallest absolute Gasteiger partial charge is 0.222 e. The molecule has 0 spiro atoms. The second-order valence-corrected chi connectivity index (χ2v) is 4.53. The van der Waals surface area contributed by atoms with E-state index in [1.165, 1.54) is 0 Å². The highest BCUT2D eigenvalue weighted by Gasteiger charge is 2.31. The molecule has 0 saturated carbocycles. The zero-order valence-electron chi connectivity index (χ0n) is 10.3. The van der Waals surface area contributed by atoms with Crippen LogP contribution in [0.4, 0.5) is 0 Å². The number of hydrogen-bond acceptors (Lipinski definition) is 4. The molecule has 17 heavy (non-hydrogen) atoms. The Hall–Kier alpha value is -1.49. The molecule has 2 N–H and O–H groups in total. The first kappa shape index (κ1) is 12.0. The number of nitrogens with zero attached hydrogens (tertiary/aromatic N) is 3. The molecule has 0 bridgehead atoms. The van der Waals surface area contributed by atoms with E-state index < -0.39 is 0 Å². The fourth-order valence-corrected chi connectivity index (χ4v) is 2.32. The Morgan fingerprint density at radius 2 is 2.29 bits per heavy atom. The summed E-state index contributed by atoms with van der Waals surface area (Å²) in [5.74, 6) is 0.846. The Balaban J connectivity index is 2.35. The third-order valence-electron chi connectivity index (χ3n) is 3.24. The standard InChI is InChI=1S/C12H18N4O/c1-8-14-7-6-10(15-8)12-9(13)4-3-5-11(17)16(12)2/h6-7,9,12H,3-5,13H2,1-2H3. The summed E-state index contributed by atoms with van der Waals surface area (Å²) in [4.78, 5) is 22.0. The topological polar surface area (TPSA) is 72.1 Å². The summed E-state index contributed by atoms with van der Waals surface area (Å²) >= 11 is 0. The molecular weight excluding hydrogens is 216 g/mol. The maximum absolute atomic E-state index is 11.9. The molecule has 2 atom stereocenters. The van der Waals surface area contributed by atoms with Crippen LogP contribution in [0.3, 0.4) is 0 Å². The molecule has 1 aromatic heterocycles. The van der Waals surface area contributed by atoms with Crippen molar-refractivity contribution in [3.8, 4) is 0 Å². The average Bonchev–Trinajstić information content (AvgIpc) is 2.40. The van der Waals surface area contributed by atoms with Crippen molar-refractivity contribution in [1.29, 1.82) is 0 Å². The maximum Gasteiger partial charge on any atom is 0.222 e. The Morgan fingerprint density at radius 1 is 1.53 bits per heavy atom. The lowest BCUT2D eigenvalue weighted by molar-refractivity contribution is -0.131. The maximum atomic E-state index is 11.9. The molecule has 5 nitrogen and oxygen atoms in total. The number of amides is 1. The van der Waals surface area contributed by atoms with Crippen molar-refractivity contribution in [2.24, 2.45) is 5.73 Å². The van der Waals surface area contributed by atoms with Crippen LogP contribution in [0.1, 0.15) is 36.8 Å². The fraction of sp³-hybridized carbons (Fsp3) is 0.583. The van der Waals surface area contributed by atoms with Gasteiger partial charge in [-0.1, -0.05) is 0 Å². The molecule has 92 valence electrons. The molecule has 1 aromatic rings. The predicted molar refractivity (Wildman–Crippen MR) is 64.1 cm³/mol.